The molecule has 0 unspecified atom stereocenters. The first-order valence-electron chi connectivity index (χ1n) is 4.78. The summed E-state index contributed by atoms with van der Waals surface area (Å²) >= 11 is 0. The Hall–Kier alpha value is 0.390. The lowest BCUT2D eigenvalue weighted by Crippen LogP contribution is -3.00. The zero-order chi connectivity index (χ0) is 9.45. The van der Waals surface area contributed by atoms with Crippen LogP contribution in [0.1, 0.15) is 20.8 Å². The van der Waals surface area contributed by atoms with E-state index in [9.17, 15) is 0 Å². The maximum Gasteiger partial charge on any atom is 0.183 e. The summed E-state index contributed by atoms with van der Waals surface area (Å²) in [6, 6.07) is 0. The van der Waals surface area contributed by atoms with Crippen molar-refractivity contribution in [2.75, 3.05) is 33.0 Å². The zero-order valence-electron chi connectivity index (χ0n) is 9.05. The molecule has 2 nitrogen and oxygen atoms in total. The number of nitrogens with zero attached hydrogens (tertiary/aromatic N) is 1. The van der Waals surface area contributed by atoms with Crippen LogP contribution >= 0.6 is 0 Å². The Labute approximate surface area is 99.6 Å². The van der Waals surface area contributed by atoms with E-state index < -0.39 is 0 Å². The summed E-state index contributed by atoms with van der Waals surface area (Å²) in [7, 11) is 0. The highest BCUT2D eigenvalue weighted by Crippen LogP contribution is 2.05. The van der Waals surface area contributed by atoms with Crippen LogP contribution in [0.15, 0.2) is 12.7 Å². The van der Waals surface area contributed by atoms with Crippen LogP contribution in [0.2, 0.25) is 0 Å². The third-order valence-corrected chi connectivity index (χ3v) is 2.61. The van der Waals surface area contributed by atoms with Crippen LogP contribution in [0, 0.1) is 0 Å². The van der Waals surface area contributed by atoms with Crippen molar-refractivity contribution in [3.8, 4) is 0 Å². The molecule has 0 aliphatic rings. The summed E-state index contributed by atoms with van der Waals surface area (Å²) in [6.45, 7) is 15.2. The van der Waals surface area contributed by atoms with Gasteiger partial charge in [0.25, 0.3) is 0 Å². The number of quaternary nitrogens is 1. The molecule has 0 saturated carbocycles. The maximum atomic E-state index is 5.48. The summed E-state index contributed by atoms with van der Waals surface area (Å²) in [4.78, 5) is 0. The molecule has 0 bridgehead atoms. The van der Waals surface area contributed by atoms with Crippen molar-refractivity contribution in [1.29, 1.82) is 0 Å². The Kier molecular flexibility index (Phi) is 10.9. The van der Waals surface area contributed by atoms with Gasteiger partial charge in [-0.15, -0.1) is 6.58 Å². The fourth-order valence-corrected chi connectivity index (χ4v) is 1.27. The Morgan fingerprint density at radius 2 is 1.62 bits per heavy atom. The number of ether oxygens (including phenoxy) is 1. The predicted molar refractivity (Wildman–Crippen MR) is 52.9 cm³/mol. The summed E-state index contributed by atoms with van der Waals surface area (Å²) in [5.74, 6) is 0. The van der Waals surface area contributed by atoms with Gasteiger partial charge in [0.2, 0.25) is 0 Å². The minimum atomic E-state index is 0. The Balaban J connectivity index is 0. The van der Waals surface area contributed by atoms with Gasteiger partial charge in [-0.05, 0) is 20.8 Å². The molecule has 0 fully saturated rings. The van der Waals surface area contributed by atoms with Gasteiger partial charge < -0.3 is 33.2 Å². The van der Waals surface area contributed by atoms with Crippen LogP contribution in [0.25, 0.3) is 0 Å². The molecular formula is C10H22INO. The molecule has 0 saturated heterocycles. The summed E-state index contributed by atoms with van der Waals surface area (Å²) in [6.07, 6.45) is 1.80. The molecule has 3 heteroatoms. The van der Waals surface area contributed by atoms with E-state index in [1.54, 1.807) is 6.08 Å². The molecule has 0 aromatic carbocycles. The fourth-order valence-electron chi connectivity index (χ4n) is 1.27. The van der Waals surface area contributed by atoms with Crippen LogP contribution in [0.5, 0.6) is 0 Å². The second-order valence-corrected chi connectivity index (χ2v) is 3.08. The lowest BCUT2D eigenvalue weighted by molar-refractivity contribution is -0.941. The third-order valence-electron chi connectivity index (χ3n) is 2.61. The summed E-state index contributed by atoms with van der Waals surface area (Å²) in [5.41, 5.74) is 0. The number of rotatable bonds is 7. The largest absolute Gasteiger partial charge is 1.00 e. The molecule has 0 N–H and O–H groups in total. The molecule has 0 heterocycles. The van der Waals surface area contributed by atoms with Gasteiger partial charge in [-0.25, -0.2) is 0 Å². The molecule has 0 aliphatic carbocycles. The second-order valence-electron chi connectivity index (χ2n) is 3.08. The number of halogens is 1. The van der Waals surface area contributed by atoms with Gasteiger partial charge in [-0.1, -0.05) is 6.08 Å². The summed E-state index contributed by atoms with van der Waals surface area (Å²) < 4.78 is 6.52. The van der Waals surface area contributed by atoms with Crippen molar-refractivity contribution < 1.29 is 33.2 Å². The van der Waals surface area contributed by atoms with E-state index in [4.69, 9.17) is 4.74 Å². The SMILES string of the molecule is C=CCOC[N+](CC)(CC)CC.[I-]. The average molecular weight is 299 g/mol. The van der Waals surface area contributed by atoms with Gasteiger partial charge in [0.1, 0.15) is 0 Å². The van der Waals surface area contributed by atoms with Crippen LogP contribution in [-0.2, 0) is 4.74 Å². The first-order chi connectivity index (χ1) is 5.74. The fraction of sp³-hybridized carbons (Fsp3) is 0.800. The molecule has 0 spiro atoms. The molecule has 80 valence electrons. The van der Waals surface area contributed by atoms with E-state index in [2.05, 4.69) is 27.4 Å². The standard InChI is InChI=1S/C10H22NO.HI/c1-5-9-12-10-11(6-2,7-3)8-4;/h5H,1,6-10H2,2-4H3;1H/q+1;/p-1. The molecule has 0 radical (unpaired) electrons. The quantitative estimate of drug-likeness (QED) is 0.193. The molecule has 0 aliphatic heterocycles. The maximum absolute atomic E-state index is 5.48. The summed E-state index contributed by atoms with van der Waals surface area (Å²) in [5, 5.41) is 0. The molecule has 0 amide bonds. The smallest absolute Gasteiger partial charge is 0.183 e. The van der Waals surface area contributed by atoms with E-state index >= 15 is 0 Å². The average Bonchev–Trinajstić information content (AvgIpc) is 2.14. The van der Waals surface area contributed by atoms with E-state index in [1.807, 2.05) is 0 Å². The van der Waals surface area contributed by atoms with Gasteiger partial charge in [0.15, 0.2) is 6.73 Å². The first-order valence-corrected chi connectivity index (χ1v) is 4.78. The number of hydrogen-bond acceptors (Lipinski definition) is 1. The van der Waals surface area contributed by atoms with E-state index in [0.717, 1.165) is 30.8 Å². The van der Waals surface area contributed by atoms with Gasteiger partial charge in [-0.2, -0.15) is 0 Å². The highest BCUT2D eigenvalue weighted by atomic mass is 127. The lowest BCUT2D eigenvalue weighted by Gasteiger charge is -2.34. The van der Waals surface area contributed by atoms with Crippen LogP contribution in [0.3, 0.4) is 0 Å². The monoisotopic (exact) mass is 299 g/mol. The second kappa shape index (κ2) is 8.97. The minimum Gasteiger partial charge on any atom is -1.00 e. The van der Waals surface area contributed by atoms with Crippen molar-refractivity contribution in [1.82, 2.24) is 0 Å². The van der Waals surface area contributed by atoms with Crippen molar-refractivity contribution in [3.05, 3.63) is 12.7 Å². The third kappa shape index (κ3) is 5.65. The topological polar surface area (TPSA) is 9.23 Å². The van der Waals surface area contributed by atoms with Crippen molar-refractivity contribution in [2.45, 2.75) is 20.8 Å². The van der Waals surface area contributed by atoms with Crippen LogP contribution in [0.4, 0.5) is 0 Å². The normalized spacial score (nSPS) is 10.7. The van der Waals surface area contributed by atoms with Crippen LogP contribution < -0.4 is 24.0 Å². The van der Waals surface area contributed by atoms with Crippen LogP contribution in [-0.4, -0.2) is 37.5 Å². The lowest BCUT2D eigenvalue weighted by atomic mass is 10.4. The zero-order valence-corrected chi connectivity index (χ0v) is 11.2. The van der Waals surface area contributed by atoms with Crippen molar-refractivity contribution in [3.63, 3.8) is 0 Å². The molecule has 0 rings (SSSR count). The predicted octanol–water partition coefficient (Wildman–Crippen LogP) is -0.973. The van der Waals surface area contributed by atoms with Gasteiger partial charge in [-0.3, -0.25) is 0 Å². The van der Waals surface area contributed by atoms with Crippen molar-refractivity contribution in [2.24, 2.45) is 0 Å². The molecule has 0 aromatic rings. The molecular weight excluding hydrogens is 277 g/mol. The highest BCUT2D eigenvalue weighted by Gasteiger charge is 2.19. The van der Waals surface area contributed by atoms with Gasteiger partial charge >= 0.3 is 0 Å². The molecule has 0 aromatic heterocycles. The van der Waals surface area contributed by atoms with Gasteiger partial charge in [0, 0.05) is 0 Å². The first kappa shape index (κ1) is 15.8. The molecule has 0 atom stereocenters. The Bertz CT molecular complexity index is 116. The highest BCUT2D eigenvalue weighted by molar-refractivity contribution is 4.62. The minimum absolute atomic E-state index is 0. The number of hydrogen-bond donors (Lipinski definition) is 0. The Morgan fingerprint density at radius 3 is 1.92 bits per heavy atom. The molecule has 13 heavy (non-hydrogen) atoms. The van der Waals surface area contributed by atoms with E-state index in [-0.39, 0.29) is 24.0 Å². The van der Waals surface area contributed by atoms with E-state index in [0.29, 0.717) is 6.61 Å². The van der Waals surface area contributed by atoms with Crippen molar-refractivity contribution >= 4 is 0 Å². The van der Waals surface area contributed by atoms with Gasteiger partial charge in [0.05, 0.1) is 26.2 Å². The Morgan fingerprint density at radius 1 is 1.15 bits per heavy atom. The van der Waals surface area contributed by atoms with E-state index in [1.165, 1.54) is 0 Å².